The average molecular weight is 183 g/mol. The summed E-state index contributed by atoms with van der Waals surface area (Å²) >= 11 is 0. The molecular weight excluding hydrogens is 170 g/mol. The van der Waals surface area contributed by atoms with E-state index in [4.69, 9.17) is 5.26 Å². The Kier molecular flexibility index (Phi) is 5.49. The van der Waals surface area contributed by atoms with Crippen LogP contribution in [0.15, 0.2) is 73.4 Å². The molecule has 0 N–H and O–H groups in total. The van der Waals surface area contributed by atoms with Crippen LogP contribution in [0.2, 0.25) is 0 Å². The van der Waals surface area contributed by atoms with Crippen molar-refractivity contribution in [1.29, 1.82) is 5.26 Å². The summed E-state index contributed by atoms with van der Waals surface area (Å²) in [6.07, 6.45) is 8.56. The smallest absolute Gasteiger partial charge is 0.0985 e. The Morgan fingerprint density at radius 1 is 1.00 bits per heavy atom. The molecule has 1 nitrogen and oxygen atoms in total. The number of rotatable bonds is 5. The molecule has 0 rings (SSSR count). The summed E-state index contributed by atoms with van der Waals surface area (Å²) in [6.45, 7) is 14.6. The highest BCUT2D eigenvalue weighted by Crippen LogP contribution is 2.09. The second kappa shape index (κ2) is 6.45. The molecule has 0 fully saturated rings. The molecule has 0 radical (unpaired) electrons. The lowest BCUT2D eigenvalue weighted by molar-refractivity contribution is 1.50. The van der Waals surface area contributed by atoms with E-state index < -0.39 is 0 Å². The zero-order chi connectivity index (χ0) is 11.0. The van der Waals surface area contributed by atoms with E-state index in [9.17, 15) is 0 Å². The number of allylic oxidation sites excluding steroid dienone is 8. The fourth-order valence-corrected chi connectivity index (χ4v) is 0.637. The third-order valence-corrected chi connectivity index (χ3v) is 1.48. The van der Waals surface area contributed by atoms with Crippen molar-refractivity contribution in [3.05, 3.63) is 73.4 Å². The van der Waals surface area contributed by atoms with Crippen molar-refractivity contribution in [2.45, 2.75) is 0 Å². The molecule has 0 amide bonds. The average Bonchev–Trinajstić information content (AvgIpc) is 2.21. The van der Waals surface area contributed by atoms with E-state index in [1.165, 1.54) is 0 Å². The van der Waals surface area contributed by atoms with Crippen molar-refractivity contribution >= 4 is 0 Å². The number of nitriles is 1. The van der Waals surface area contributed by atoms with Crippen LogP contribution in [0.4, 0.5) is 0 Å². The van der Waals surface area contributed by atoms with Crippen molar-refractivity contribution in [2.24, 2.45) is 0 Å². The van der Waals surface area contributed by atoms with Crippen molar-refractivity contribution in [3.8, 4) is 6.07 Å². The van der Waals surface area contributed by atoms with Gasteiger partial charge in [-0.05, 0) is 17.2 Å². The quantitative estimate of drug-likeness (QED) is 0.473. The molecule has 0 spiro atoms. The molecule has 0 aromatic rings. The SMILES string of the molecule is C=C/C=C\C(=C)C(=C)/C=C\C(=C)C#N. The number of nitrogens with zero attached hydrogens (tertiary/aromatic N) is 1. The fourth-order valence-electron chi connectivity index (χ4n) is 0.637. The lowest BCUT2D eigenvalue weighted by atomic mass is 10.1. The van der Waals surface area contributed by atoms with Gasteiger partial charge in [0.25, 0.3) is 0 Å². The molecule has 0 aliphatic rings. The van der Waals surface area contributed by atoms with Gasteiger partial charge >= 0.3 is 0 Å². The maximum Gasteiger partial charge on any atom is 0.0985 e. The van der Waals surface area contributed by atoms with Crippen LogP contribution in [-0.2, 0) is 0 Å². The predicted molar refractivity (Wildman–Crippen MR) is 61.5 cm³/mol. The van der Waals surface area contributed by atoms with E-state index in [0.29, 0.717) is 5.57 Å². The molecule has 0 saturated heterocycles. The van der Waals surface area contributed by atoms with Gasteiger partial charge < -0.3 is 0 Å². The third kappa shape index (κ3) is 4.74. The summed E-state index contributed by atoms with van der Waals surface area (Å²) in [6, 6.07) is 1.92. The largest absolute Gasteiger partial charge is 0.192 e. The Balaban J connectivity index is 4.37. The highest BCUT2D eigenvalue weighted by Gasteiger charge is 1.90. The van der Waals surface area contributed by atoms with Crippen LogP contribution in [0.25, 0.3) is 0 Å². The van der Waals surface area contributed by atoms with Crippen molar-refractivity contribution < 1.29 is 0 Å². The number of hydrogen-bond donors (Lipinski definition) is 0. The standard InChI is InChI=1S/C13H13N/c1-5-6-7-12(3)13(4)9-8-11(2)10-14/h5-9H,1-4H2/b7-6-,9-8-. The minimum Gasteiger partial charge on any atom is -0.192 e. The summed E-state index contributed by atoms with van der Waals surface area (Å²) < 4.78 is 0. The first-order chi connectivity index (χ1) is 6.61. The zero-order valence-corrected chi connectivity index (χ0v) is 8.16. The molecule has 0 aliphatic carbocycles. The van der Waals surface area contributed by atoms with Gasteiger partial charge in [0, 0.05) is 5.57 Å². The summed E-state index contributed by atoms with van der Waals surface area (Å²) in [5.74, 6) is 0. The first-order valence-corrected chi connectivity index (χ1v) is 4.06. The Hall–Kier alpha value is -2.07. The first kappa shape index (κ1) is 11.9. The van der Waals surface area contributed by atoms with E-state index in [0.717, 1.165) is 11.1 Å². The molecule has 1 heteroatoms. The van der Waals surface area contributed by atoms with Gasteiger partial charge in [-0.1, -0.05) is 50.6 Å². The van der Waals surface area contributed by atoms with Crippen LogP contribution in [-0.4, -0.2) is 0 Å². The van der Waals surface area contributed by atoms with Gasteiger partial charge in [-0.3, -0.25) is 0 Å². The highest BCUT2D eigenvalue weighted by molar-refractivity contribution is 5.46. The summed E-state index contributed by atoms with van der Waals surface area (Å²) in [7, 11) is 0. The Bertz CT molecular complexity index is 359. The highest BCUT2D eigenvalue weighted by atomic mass is 14.2. The van der Waals surface area contributed by atoms with Gasteiger partial charge in [0.1, 0.15) is 0 Å². The van der Waals surface area contributed by atoms with E-state index >= 15 is 0 Å². The van der Waals surface area contributed by atoms with Crippen molar-refractivity contribution in [1.82, 2.24) is 0 Å². The van der Waals surface area contributed by atoms with Gasteiger partial charge in [-0.25, -0.2) is 0 Å². The Morgan fingerprint density at radius 3 is 2.07 bits per heavy atom. The van der Waals surface area contributed by atoms with Gasteiger partial charge in [0.2, 0.25) is 0 Å². The lowest BCUT2D eigenvalue weighted by Gasteiger charge is -1.96. The Labute approximate surface area is 85.4 Å². The summed E-state index contributed by atoms with van der Waals surface area (Å²) in [5.41, 5.74) is 1.93. The van der Waals surface area contributed by atoms with Crippen LogP contribution in [0, 0.1) is 11.3 Å². The third-order valence-electron chi connectivity index (χ3n) is 1.48. The van der Waals surface area contributed by atoms with Crippen LogP contribution in [0.5, 0.6) is 0 Å². The van der Waals surface area contributed by atoms with Crippen LogP contribution < -0.4 is 0 Å². The molecule has 70 valence electrons. The zero-order valence-electron chi connectivity index (χ0n) is 8.16. The molecular formula is C13H13N. The molecule has 0 bridgehead atoms. The molecule has 0 aromatic heterocycles. The van der Waals surface area contributed by atoms with Crippen LogP contribution in [0.1, 0.15) is 0 Å². The topological polar surface area (TPSA) is 23.8 Å². The van der Waals surface area contributed by atoms with E-state index in [1.54, 1.807) is 30.4 Å². The normalized spacial score (nSPS) is 9.93. The molecule has 0 aromatic carbocycles. The molecule has 0 saturated carbocycles. The lowest BCUT2D eigenvalue weighted by Crippen LogP contribution is -1.78. The van der Waals surface area contributed by atoms with Gasteiger partial charge in [-0.15, -0.1) is 0 Å². The molecule has 14 heavy (non-hydrogen) atoms. The van der Waals surface area contributed by atoms with Gasteiger partial charge in [0.05, 0.1) is 6.07 Å². The maximum atomic E-state index is 8.45. The second-order valence-electron chi connectivity index (χ2n) is 2.62. The van der Waals surface area contributed by atoms with E-state index in [-0.39, 0.29) is 0 Å². The van der Waals surface area contributed by atoms with Gasteiger partial charge in [-0.2, -0.15) is 5.26 Å². The minimum absolute atomic E-state index is 0.395. The molecule has 0 unspecified atom stereocenters. The minimum atomic E-state index is 0.395. The predicted octanol–water partition coefficient (Wildman–Crippen LogP) is 3.48. The fraction of sp³-hybridized carbons (Fsp3) is 0. The monoisotopic (exact) mass is 183 g/mol. The first-order valence-electron chi connectivity index (χ1n) is 4.06. The molecule has 0 atom stereocenters. The van der Waals surface area contributed by atoms with Gasteiger partial charge in [0.15, 0.2) is 0 Å². The molecule has 0 aliphatic heterocycles. The van der Waals surface area contributed by atoms with E-state index in [1.807, 2.05) is 6.07 Å². The van der Waals surface area contributed by atoms with Crippen molar-refractivity contribution in [3.63, 3.8) is 0 Å². The van der Waals surface area contributed by atoms with Crippen molar-refractivity contribution in [2.75, 3.05) is 0 Å². The van der Waals surface area contributed by atoms with Crippen LogP contribution >= 0.6 is 0 Å². The molecule has 0 heterocycles. The maximum absolute atomic E-state index is 8.45. The van der Waals surface area contributed by atoms with E-state index in [2.05, 4.69) is 26.3 Å². The number of hydrogen-bond acceptors (Lipinski definition) is 1. The Morgan fingerprint density at radius 2 is 1.57 bits per heavy atom. The van der Waals surface area contributed by atoms with Crippen LogP contribution in [0.3, 0.4) is 0 Å². The summed E-state index contributed by atoms with van der Waals surface area (Å²) in [4.78, 5) is 0. The summed E-state index contributed by atoms with van der Waals surface area (Å²) in [5, 5.41) is 8.45. The second-order valence-corrected chi connectivity index (χ2v) is 2.62.